The Hall–Kier alpha value is -1.40. The summed E-state index contributed by atoms with van der Waals surface area (Å²) in [5, 5.41) is 2.52. The van der Waals surface area contributed by atoms with Crippen LogP contribution in [0.25, 0.3) is 0 Å². The lowest BCUT2D eigenvalue weighted by Gasteiger charge is -2.16. The number of aromatic nitrogens is 2. The fraction of sp³-hybridized carbons (Fsp3) is 0.636. The number of H-pyrrole nitrogens is 1. The van der Waals surface area contributed by atoms with Gasteiger partial charge in [0, 0.05) is 24.3 Å². The summed E-state index contributed by atoms with van der Waals surface area (Å²) < 4.78 is 6.62. The number of rotatable bonds is 5. The van der Waals surface area contributed by atoms with Crippen LogP contribution in [0.3, 0.4) is 0 Å². The number of nitrogens with zero attached hydrogens (tertiary/aromatic N) is 1. The van der Waals surface area contributed by atoms with Gasteiger partial charge in [-0.05, 0) is 20.8 Å². The molecule has 0 bridgehead atoms. The third kappa shape index (κ3) is 3.04. The topological polar surface area (TPSA) is 90.1 Å². The molecule has 1 atom stereocenters. The van der Waals surface area contributed by atoms with E-state index in [9.17, 15) is 9.59 Å². The van der Waals surface area contributed by atoms with Crippen molar-refractivity contribution in [3.8, 4) is 0 Å². The van der Waals surface area contributed by atoms with Crippen LogP contribution < -0.4 is 16.9 Å². The van der Waals surface area contributed by atoms with Crippen LogP contribution in [0.5, 0.6) is 0 Å². The minimum atomic E-state index is -0.268. The summed E-state index contributed by atoms with van der Waals surface area (Å²) in [6, 6.07) is 0. The van der Waals surface area contributed by atoms with Crippen molar-refractivity contribution in [3.05, 3.63) is 31.8 Å². The highest BCUT2D eigenvalue weighted by Crippen LogP contribution is 1.95. The summed E-state index contributed by atoms with van der Waals surface area (Å²) in [4.78, 5) is 23.4. The van der Waals surface area contributed by atoms with Gasteiger partial charge < -0.3 is 10.5 Å². The van der Waals surface area contributed by atoms with Gasteiger partial charge in [-0.3, -0.25) is 14.7 Å². The average Bonchev–Trinajstić information content (AvgIpc) is 2.32. The zero-order valence-corrected chi connectivity index (χ0v) is 10.4. The van der Waals surface area contributed by atoms with Crippen molar-refractivity contribution in [2.45, 2.75) is 33.4 Å². The lowest BCUT2D eigenvalue weighted by atomic mass is 10.2. The first-order valence-electron chi connectivity index (χ1n) is 5.63. The molecule has 96 valence electrons. The Kier molecular flexibility index (Phi) is 4.65. The van der Waals surface area contributed by atoms with E-state index in [1.54, 1.807) is 13.8 Å². The van der Waals surface area contributed by atoms with Gasteiger partial charge in [0.25, 0.3) is 11.1 Å². The first-order chi connectivity index (χ1) is 8.01. The zero-order valence-electron chi connectivity index (χ0n) is 10.4. The van der Waals surface area contributed by atoms with Gasteiger partial charge in [0.05, 0.1) is 12.6 Å². The first kappa shape index (κ1) is 13.7. The predicted molar refractivity (Wildman–Crippen MR) is 65.3 cm³/mol. The highest BCUT2D eigenvalue weighted by molar-refractivity contribution is 5.17. The van der Waals surface area contributed by atoms with Gasteiger partial charge in [-0.2, -0.15) is 0 Å². The molecule has 0 amide bonds. The van der Waals surface area contributed by atoms with Crippen LogP contribution in [0.2, 0.25) is 0 Å². The Labute approximate surface area is 99.4 Å². The Morgan fingerprint density at radius 3 is 2.53 bits per heavy atom. The van der Waals surface area contributed by atoms with Gasteiger partial charge in [0.2, 0.25) is 0 Å². The molecule has 0 saturated carbocycles. The third-order valence-corrected chi connectivity index (χ3v) is 2.76. The number of aromatic amines is 1. The van der Waals surface area contributed by atoms with Gasteiger partial charge in [0.1, 0.15) is 0 Å². The maximum Gasteiger partial charge on any atom is 0.268 e. The fourth-order valence-corrected chi connectivity index (χ4v) is 1.55. The molecule has 0 saturated heterocycles. The minimum absolute atomic E-state index is 0.208. The van der Waals surface area contributed by atoms with E-state index in [-0.39, 0.29) is 23.8 Å². The lowest BCUT2D eigenvalue weighted by molar-refractivity contribution is 0.0529. The van der Waals surface area contributed by atoms with Gasteiger partial charge in [-0.15, -0.1) is 0 Å². The van der Waals surface area contributed by atoms with Crippen LogP contribution in [0.1, 0.15) is 18.1 Å². The van der Waals surface area contributed by atoms with Crippen molar-refractivity contribution in [1.29, 1.82) is 0 Å². The Morgan fingerprint density at radius 2 is 2.00 bits per heavy atom. The molecule has 0 spiro atoms. The monoisotopic (exact) mass is 241 g/mol. The van der Waals surface area contributed by atoms with Crippen LogP contribution in [-0.2, 0) is 11.3 Å². The lowest BCUT2D eigenvalue weighted by Crippen LogP contribution is -2.39. The summed E-state index contributed by atoms with van der Waals surface area (Å²) in [6.45, 7) is 6.21. The van der Waals surface area contributed by atoms with Crippen molar-refractivity contribution in [2.24, 2.45) is 5.73 Å². The molecule has 0 aliphatic rings. The van der Waals surface area contributed by atoms with Gasteiger partial charge in [-0.25, -0.2) is 4.68 Å². The molecule has 1 aromatic heterocycles. The Bertz CT molecular complexity index is 490. The molecule has 1 heterocycles. The van der Waals surface area contributed by atoms with Crippen molar-refractivity contribution in [1.82, 2.24) is 9.78 Å². The normalized spacial score (nSPS) is 12.7. The van der Waals surface area contributed by atoms with E-state index in [4.69, 9.17) is 10.5 Å². The SMILES string of the molecule is CCOC(CN)Cn1[nH]c(=O)c(C)c(C)c1=O. The summed E-state index contributed by atoms with van der Waals surface area (Å²) in [5.74, 6) is 0. The van der Waals surface area contributed by atoms with E-state index >= 15 is 0 Å². The summed E-state index contributed by atoms with van der Waals surface area (Å²) in [7, 11) is 0. The van der Waals surface area contributed by atoms with Crippen LogP contribution in [-0.4, -0.2) is 29.0 Å². The van der Waals surface area contributed by atoms with Gasteiger partial charge >= 0.3 is 0 Å². The van der Waals surface area contributed by atoms with Gasteiger partial charge in [0.15, 0.2) is 0 Å². The Balaban J connectivity index is 3.07. The van der Waals surface area contributed by atoms with Gasteiger partial charge in [-0.1, -0.05) is 0 Å². The predicted octanol–water partition coefficient (Wildman–Crippen LogP) is -0.483. The van der Waals surface area contributed by atoms with Crippen LogP contribution in [0, 0.1) is 13.8 Å². The largest absolute Gasteiger partial charge is 0.375 e. The van der Waals surface area contributed by atoms with Crippen LogP contribution in [0.4, 0.5) is 0 Å². The second kappa shape index (κ2) is 5.79. The molecule has 0 fully saturated rings. The smallest absolute Gasteiger partial charge is 0.268 e. The Morgan fingerprint density at radius 1 is 1.35 bits per heavy atom. The highest BCUT2D eigenvalue weighted by Gasteiger charge is 2.12. The fourth-order valence-electron chi connectivity index (χ4n) is 1.55. The van der Waals surface area contributed by atoms with Crippen LogP contribution >= 0.6 is 0 Å². The molecule has 17 heavy (non-hydrogen) atoms. The molecule has 0 aromatic carbocycles. The molecular formula is C11H19N3O3. The number of hydrogen-bond acceptors (Lipinski definition) is 4. The van der Waals surface area contributed by atoms with E-state index in [2.05, 4.69) is 5.10 Å². The van der Waals surface area contributed by atoms with E-state index in [1.165, 1.54) is 4.68 Å². The van der Waals surface area contributed by atoms with Crippen molar-refractivity contribution < 1.29 is 4.74 Å². The number of nitrogens with one attached hydrogen (secondary N) is 1. The minimum Gasteiger partial charge on any atom is -0.375 e. The molecular weight excluding hydrogens is 222 g/mol. The second-order valence-corrected chi connectivity index (χ2v) is 3.92. The molecule has 6 nitrogen and oxygen atoms in total. The van der Waals surface area contributed by atoms with Crippen LogP contribution in [0.15, 0.2) is 9.59 Å². The molecule has 1 rings (SSSR count). The summed E-state index contributed by atoms with van der Waals surface area (Å²) >= 11 is 0. The molecule has 3 N–H and O–H groups in total. The van der Waals surface area contributed by atoms with Crippen molar-refractivity contribution in [3.63, 3.8) is 0 Å². The highest BCUT2D eigenvalue weighted by atomic mass is 16.5. The molecule has 0 radical (unpaired) electrons. The standard InChI is InChI=1S/C11H19N3O3/c1-4-17-9(5-12)6-14-11(16)8(3)7(2)10(15)13-14/h9H,4-6,12H2,1-3H3,(H,13,15). The maximum atomic E-state index is 11.9. The van der Waals surface area contributed by atoms with E-state index in [0.29, 0.717) is 24.3 Å². The van der Waals surface area contributed by atoms with E-state index < -0.39 is 0 Å². The molecule has 6 heteroatoms. The number of nitrogens with two attached hydrogens (primary N) is 1. The van der Waals surface area contributed by atoms with Crippen molar-refractivity contribution >= 4 is 0 Å². The van der Waals surface area contributed by atoms with Crippen molar-refractivity contribution in [2.75, 3.05) is 13.2 Å². The first-order valence-corrected chi connectivity index (χ1v) is 5.63. The molecule has 0 aliphatic heterocycles. The average molecular weight is 241 g/mol. The molecule has 1 aromatic rings. The zero-order chi connectivity index (χ0) is 13.0. The molecule has 0 aliphatic carbocycles. The second-order valence-electron chi connectivity index (χ2n) is 3.92. The maximum absolute atomic E-state index is 11.9. The molecule has 1 unspecified atom stereocenters. The summed E-state index contributed by atoms with van der Waals surface area (Å²) in [5.41, 5.74) is 5.98. The number of hydrogen-bond donors (Lipinski definition) is 2. The van der Waals surface area contributed by atoms with E-state index in [0.717, 1.165) is 0 Å². The summed E-state index contributed by atoms with van der Waals surface area (Å²) in [6.07, 6.45) is -0.268. The third-order valence-electron chi connectivity index (χ3n) is 2.76. The quantitative estimate of drug-likeness (QED) is 0.728. The number of ether oxygens (including phenoxy) is 1. The van der Waals surface area contributed by atoms with E-state index in [1.807, 2.05) is 6.92 Å².